The predicted molar refractivity (Wildman–Crippen MR) is 147 cm³/mol. The molecule has 3 amide bonds. The maximum Gasteiger partial charge on any atom is 0.328 e. The van der Waals surface area contributed by atoms with Crippen LogP contribution in [-0.4, -0.2) is 22.4 Å². The van der Waals surface area contributed by atoms with Gasteiger partial charge in [-0.25, -0.2) is 4.68 Å². The number of fused-ring (bicyclic) bond motifs is 1. The monoisotopic (exact) mass is 546 g/mol. The molecule has 0 radical (unpaired) electrons. The molecule has 0 unspecified atom stereocenters. The van der Waals surface area contributed by atoms with Crippen molar-refractivity contribution < 1.29 is 14.4 Å². The molecule has 0 fully saturated rings. The van der Waals surface area contributed by atoms with Gasteiger partial charge in [-0.2, -0.15) is 0 Å². The van der Waals surface area contributed by atoms with Crippen LogP contribution >= 0.6 is 15.9 Å². The zero-order valence-corrected chi connectivity index (χ0v) is 22.3. The third kappa shape index (κ3) is 5.33. The van der Waals surface area contributed by atoms with Crippen LogP contribution in [0.2, 0.25) is 0 Å². The third-order valence-electron chi connectivity index (χ3n) is 5.81. The minimum atomic E-state index is -0.893. The number of aryl methyl sites for hydroxylation is 5. The van der Waals surface area contributed by atoms with Gasteiger partial charge in [0, 0.05) is 21.2 Å². The lowest BCUT2D eigenvalue weighted by atomic mass is 10.1. The number of amides is 3. The average molecular weight is 547 g/mol. The Morgan fingerprint density at radius 2 is 1.33 bits per heavy atom. The number of nitrogens with zero attached hydrogens (tertiary/aromatic N) is 1. The molecule has 7 nitrogen and oxygen atoms in total. The summed E-state index contributed by atoms with van der Waals surface area (Å²) in [5.41, 5.74) is 9.42. The van der Waals surface area contributed by atoms with Crippen molar-refractivity contribution in [3.05, 3.63) is 92.6 Å². The highest BCUT2D eigenvalue weighted by molar-refractivity contribution is 9.10. The van der Waals surface area contributed by atoms with Crippen LogP contribution in [0, 0.1) is 34.6 Å². The van der Waals surface area contributed by atoms with Crippen LogP contribution in [0.4, 0.5) is 11.4 Å². The van der Waals surface area contributed by atoms with Gasteiger partial charge in [0.05, 0.1) is 5.52 Å². The molecule has 3 N–H and O–H groups in total. The van der Waals surface area contributed by atoms with E-state index in [4.69, 9.17) is 0 Å². The van der Waals surface area contributed by atoms with Gasteiger partial charge in [-0.15, -0.1) is 0 Å². The maximum absolute atomic E-state index is 13.3. The van der Waals surface area contributed by atoms with Crippen LogP contribution in [0.3, 0.4) is 0 Å². The molecule has 0 aliphatic rings. The molecule has 4 rings (SSSR count). The van der Waals surface area contributed by atoms with Crippen molar-refractivity contribution in [2.45, 2.75) is 34.6 Å². The minimum Gasteiger partial charge on any atom is -0.321 e. The van der Waals surface area contributed by atoms with Gasteiger partial charge in [0.1, 0.15) is 5.69 Å². The second-order valence-electron chi connectivity index (χ2n) is 9.07. The molecule has 0 bridgehead atoms. The molecule has 0 spiro atoms. The zero-order valence-electron chi connectivity index (χ0n) is 20.7. The highest BCUT2D eigenvalue weighted by Gasteiger charge is 2.22. The molecular formula is C28H27BrN4O3. The summed E-state index contributed by atoms with van der Waals surface area (Å²) in [4.78, 5) is 39.1. The number of hydrogen-bond acceptors (Lipinski definition) is 3. The molecule has 3 aromatic carbocycles. The Labute approximate surface area is 218 Å². The fourth-order valence-electron chi connectivity index (χ4n) is 4.42. The molecule has 1 aromatic heterocycles. The van der Waals surface area contributed by atoms with E-state index < -0.39 is 17.7 Å². The average Bonchev–Trinajstić information content (AvgIpc) is 3.12. The SMILES string of the molecule is Cc1cc(C)cc(NC(=O)c2cc3cc(Br)ccc3n2NC(=O)C(=O)Nc2c(C)cc(C)cc2C)c1. The van der Waals surface area contributed by atoms with Crippen molar-refractivity contribution in [2.75, 3.05) is 16.1 Å². The lowest BCUT2D eigenvalue weighted by Crippen LogP contribution is -2.36. The summed E-state index contributed by atoms with van der Waals surface area (Å²) in [5.74, 6) is -2.14. The van der Waals surface area contributed by atoms with Gasteiger partial charge in [-0.05, 0) is 93.3 Å². The first-order valence-corrected chi connectivity index (χ1v) is 12.2. The summed E-state index contributed by atoms with van der Waals surface area (Å²) in [6, 6.07) is 16.7. The summed E-state index contributed by atoms with van der Waals surface area (Å²) < 4.78 is 2.17. The Morgan fingerprint density at radius 3 is 1.97 bits per heavy atom. The zero-order chi connectivity index (χ0) is 26.1. The third-order valence-corrected chi connectivity index (χ3v) is 6.30. The van der Waals surface area contributed by atoms with Crippen molar-refractivity contribution in [1.82, 2.24) is 4.68 Å². The molecule has 4 aromatic rings. The number of carbonyl (C=O) groups excluding carboxylic acids is 3. The van der Waals surface area contributed by atoms with Crippen molar-refractivity contribution in [3.63, 3.8) is 0 Å². The Balaban J connectivity index is 1.65. The van der Waals surface area contributed by atoms with Crippen molar-refractivity contribution in [1.29, 1.82) is 0 Å². The van der Waals surface area contributed by atoms with Crippen LogP contribution in [0.25, 0.3) is 10.9 Å². The van der Waals surface area contributed by atoms with E-state index in [1.54, 1.807) is 18.2 Å². The van der Waals surface area contributed by atoms with Crippen LogP contribution in [0.1, 0.15) is 38.3 Å². The first kappa shape index (κ1) is 25.2. The number of anilines is 2. The highest BCUT2D eigenvalue weighted by Crippen LogP contribution is 2.25. The van der Waals surface area contributed by atoms with Gasteiger partial charge in [0.15, 0.2) is 0 Å². The number of nitrogens with one attached hydrogen (secondary N) is 3. The largest absolute Gasteiger partial charge is 0.328 e. The first-order chi connectivity index (χ1) is 17.0. The van der Waals surface area contributed by atoms with Crippen molar-refractivity contribution in [2.24, 2.45) is 0 Å². The number of hydrogen-bond donors (Lipinski definition) is 3. The predicted octanol–water partition coefficient (Wildman–Crippen LogP) is 5.91. The van der Waals surface area contributed by atoms with Gasteiger partial charge in [-0.1, -0.05) is 39.7 Å². The molecule has 8 heteroatoms. The Hall–Kier alpha value is -3.91. The van der Waals surface area contributed by atoms with E-state index in [1.165, 1.54) is 4.68 Å². The van der Waals surface area contributed by atoms with Gasteiger partial charge in [-0.3, -0.25) is 19.8 Å². The van der Waals surface area contributed by atoms with E-state index in [1.807, 2.05) is 71.0 Å². The summed E-state index contributed by atoms with van der Waals surface area (Å²) in [6.07, 6.45) is 0. The van der Waals surface area contributed by atoms with Crippen LogP contribution in [-0.2, 0) is 9.59 Å². The number of halogens is 1. The Bertz CT molecular complexity index is 1490. The number of benzene rings is 3. The van der Waals surface area contributed by atoms with Gasteiger partial charge < -0.3 is 10.6 Å². The molecule has 1 heterocycles. The molecule has 184 valence electrons. The van der Waals surface area contributed by atoms with E-state index >= 15 is 0 Å². The van der Waals surface area contributed by atoms with Gasteiger partial charge >= 0.3 is 11.8 Å². The van der Waals surface area contributed by atoms with Gasteiger partial charge in [0.2, 0.25) is 0 Å². The van der Waals surface area contributed by atoms with Crippen molar-refractivity contribution in [3.8, 4) is 0 Å². The first-order valence-electron chi connectivity index (χ1n) is 11.4. The summed E-state index contributed by atoms with van der Waals surface area (Å²) in [6.45, 7) is 9.63. The molecule has 36 heavy (non-hydrogen) atoms. The Kier molecular flexibility index (Phi) is 6.99. The number of rotatable bonds is 4. The van der Waals surface area contributed by atoms with E-state index in [0.717, 1.165) is 37.7 Å². The second kappa shape index (κ2) is 9.99. The van der Waals surface area contributed by atoms with Crippen LogP contribution in [0.15, 0.2) is 59.1 Å². The molecule has 0 atom stereocenters. The fraction of sp³-hybridized carbons (Fsp3) is 0.179. The fourth-order valence-corrected chi connectivity index (χ4v) is 4.79. The smallest absolute Gasteiger partial charge is 0.321 e. The Morgan fingerprint density at radius 1 is 0.722 bits per heavy atom. The van der Waals surface area contributed by atoms with E-state index in [0.29, 0.717) is 16.9 Å². The van der Waals surface area contributed by atoms with E-state index in [2.05, 4.69) is 32.0 Å². The molecule has 0 aliphatic heterocycles. The van der Waals surface area contributed by atoms with E-state index in [9.17, 15) is 14.4 Å². The summed E-state index contributed by atoms with van der Waals surface area (Å²) >= 11 is 3.44. The lowest BCUT2D eigenvalue weighted by molar-refractivity contribution is -0.133. The quantitative estimate of drug-likeness (QED) is 0.278. The lowest BCUT2D eigenvalue weighted by Gasteiger charge is -2.15. The normalized spacial score (nSPS) is 10.8. The topological polar surface area (TPSA) is 92.2 Å². The maximum atomic E-state index is 13.3. The second-order valence-corrected chi connectivity index (χ2v) is 9.98. The van der Waals surface area contributed by atoms with Crippen molar-refractivity contribution >= 4 is 55.9 Å². The molecule has 0 saturated heterocycles. The number of aromatic nitrogens is 1. The molecule has 0 saturated carbocycles. The van der Waals surface area contributed by atoms with E-state index in [-0.39, 0.29) is 5.69 Å². The highest BCUT2D eigenvalue weighted by atomic mass is 79.9. The minimum absolute atomic E-state index is 0.186. The van der Waals surface area contributed by atoms with Gasteiger partial charge in [0.25, 0.3) is 5.91 Å². The van der Waals surface area contributed by atoms with Crippen LogP contribution < -0.4 is 16.1 Å². The standard InChI is InChI=1S/C28H27BrN4O3/c1-15-8-16(2)12-22(11-15)30-26(34)24-14-20-13-21(29)6-7-23(20)33(24)32-28(36)27(35)31-25-18(4)9-17(3)10-19(25)5/h6-14H,1-5H3,(H,30,34)(H,31,35)(H,32,36). The molecule has 0 aliphatic carbocycles. The van der Waals surface area contributed by atoms with Crippen LogP contribution in [0.5, 0.6) is 0 Å². The summed E-state index contributed by atoms with van der Waals surface area (Å²) in [7, 11) is 0. The molecular weight excluding hydrogens is 520 g/mol. The summed E-state index contributed by atoms with van der Waals surface area (Å²) in [5, 5.41) is 6.32. The number of carbonyl (C=O) groups is 3.